The minimum Gasteiger partial charge on any atom is -0.473 e. The number of carbonyl (C=O) groups is 1. The Balaban J connectivity index is 1.72. The number of hydrogen-bond acceptors (Lipinski definition) is 6. The predicted molar refractivity (Wildman–Crippen MR) is 131 cm³/mol. The van der Waals surface area contributed by atoms with Crippen LogP contribution < -0.4 is 15.2 Å². The fraction of sp³-hybridized carbons (Fsp3) is 0.296. The summed E-state index contributed by atoms with van der Waals surface area (Å²) in [5, 5.41) is 0. The largest absolute Gasteiger partial charge is 0.473 e. The molecule has 3 rings (SSSR count). The highest BCUT2D eigenvalue weighted by Crippen LogP contribution is 2.19. The number of aromatic nitrogens is 2. The second kappa shape index (κ2) is 13.6. The van der Waals surface area contributed by atoms with Gasteiger partial charge in [0.15, 0.2) is 0 Å². The highest BCUT2D eigenvalue weighted by molar-refractivity contribution is 5.64. The van der Waals surface area contributed by atoms with Gasteiger partial charge >= 0.3 is 12.1 Å². The summed E-state index contributed by atoms with van der Waals surface area (Å²) in [4.78, 5) is 20.1. The summed E-state index contributed by atoms with van der Waals surface area (Å²) in [6, 6.07) is 21.7. The van der Waals surface area contributed by atoms with E-state index in [2.05, 4.69) is 16.9 Å². The topological polar surface area (TPSA) is 96.6 Å². The molecule has 0 saturated carbocycles. The molecule has 1 aromatic heterocycles. The van der Waals surface area contributed by atoms with Crippen LogP contribution in [-0.2, 0) is 18.0 Å². The van der Waals surface area contributed by atoms with Gasteiger partial charge in [0.25, 0.3) is 0 Å². The van der Waals surface area contributed by atoms with Crippen LogP contribution in [0.1, 0.15) is 49.4 Å². The van der Waals surface area contributed by atoms with Crippen molar-refractivity contribution in [2.24, 2.45) is 5.73 Å². The molecule has 178 valence electrons. The van der Waals surface area contributed by atoms with Crippen molar-refractivity contribution in [3.63, 3.8) is 0 Å². The maximum absolute atomic E-state index is 11.2. The van der Waals surface area contributed by atoms with Crippen LogP contribution in [-0.4, -0.2) is 22.2 Å². The molecule has 0 aliphatic heterocycles. The summed E-state index contributed by atoms with van der Waals surface area (Å²) in [5.74, 6) is 0.414. The average molecular weight is 462 g/mol. The first-order chi connectivity index (χ1) is 16.6. The van der Waals surface area contributed by atoms with Crippen molar-refractivity contribution < 1.29 is 19.0 Å². The first-order valence-corrected chi connectivity index (χ1v) is 11.5. The van der Waals surface area contributed by atoms with Gasteiger partial charge in [-0.2, -0.15) is 9.97 Å². The molecule has 2 aromatic carbocycles. The lowest BCUT2D eigenvalue weighted by Crippen LogP contribution is -2.22. The van der Waals surface area contributed by atoms with E-state index in [-0.39, 0.29) is 12.1 Å². The average Bonchev–Trinajstić information content (AvgIpc) is 2.85. The van der Waals surface area contributed by atoms with Gasteiger partial charge in [-0.15, -0.1) is 0 Å². The number of primary amides is 1. The molecule has 0 bridgehead atoms. The van der Waals surface area contributed by atoms with Gasteiger partial charge in [0.1, 0.15) is 19.3 Å². The molecule has 7 heteroatoms. The number of carbonyl (C=O) groups excluding carboxylic acids is 1. The number of benzene rings is 2. The van der Waals surface area contributed by atoms with E-state index >= 15 is 0 Å². The number of unbranched alkanes of at least 4 members (excludes halogenated alkanes) is 1. The maximum Gasteiger partial charge on any atom is 0.404 e. The molecule has 0 aliphatic rings. The molecule has 0 aliphatic carbocycles. The van der Waals surface area contributed by atoms with E-state index in [1.54, 1.807) is 6.07 Å². The first-order valence-electron chi connectivity index (χ1n) is 11.5. The van der Waals surface area contributed by atoms with Crippen LogP contribution in [0, 0.1) is 0 Å². The van der Waals surface area contributed by atoms with Crippen LogP contribution in [0.5, 0.6) is 11.9 Å². The fourth-order valence-electron chi connectivity index (χ4n) is 3.26. The molecular weight excluding hydrogens is 430 g/mol. The van der Waals surface area contributed by atoms with Crippen molar-refractivity contribution in [3.8, 4) is 11.9 Å². The third kappa shape index (κ3) is 8.94. The van der Waals surface area contributed by atoms with Gasteiger partial charge < -0.3 is 19.9 Å². The number of amides is 1. The van der Waals surface area contributed by atoms with Crippen molar-refractivity contribution in [1.82, 2.24) is 9.97 Å². The third-order valence-electron chi connectivity index (χ3n) is 4.99. The summed E-state index contributed by atoms with van der Waals surface area (Å²) in [7, 11) is 0. The Bertz CT molecular complexity index is 981. The molecular formula is C27H31N3O4. The Labute approximate surface area is 200 Å². The van der Waals surface area contributed by atoms with E-state index in [9.17, 15) is 4.79 Å². The Kier molecular flexibility index (Phi) is 9.93. The highest BCUT2D eigenvalue weighted by Gasteiger charge is 2.11. The fourth-order valence-corrected chi connectivity index (χ4v) is 3.26. The van der Waals surface area contributed by atoms with Crippen LogP contribution in [0.3, 0.4) is 0 Å². The van der Waals surface area contributed by atoms with Gasteiger partial charge in [0.05, 0.1) is 5.69 Å². The van der Waals surface area contributed by atoms with Crippen molar-refractivity contribution >= 4 is 12.2 Å². The second-order valence-corrected chi connectivity index (χ2v) is 7.80. The number of ether oxygens (including phenoxy) is 3. The summed E-state index contributed by atoms with van der Waals surface area (Å²) in [6.07, 6.45) is 5.98. The minimum absolute atomic E-state index is 0.227. The SMILES string of the molecule is CCCCC(C/C=C\c1cc(OCc2ccccc2)nc(OCc2ccccc2)n1)OC(N)=O. The standard InChI is InChI=1S/C27H31N3O4/c1-2-3-16-24(34-26(28)31)17-10-15-23-18-25(32-19-21-11-6-4-7-12-21)30-27(29-23)33-20-22-13-8-5-9-14-22/h4-15,18,24H,2-3,16-17,19-20H2,1H3,(H2,28,31)/b15-10-. The molecule has 2 N–H and O–H groups in total. The maximum atomic E-state index is 11.2. The lowest BCUT2D eigenvalue weighted by molar-refractivity contribution is 0.101. The molecule has 1 amide bonds. The van der Waals surface area contributed by atoms with Crippen LogP contribution in [0.2, 0.25) is 0 Å². The molecule has 3 aromatic rings. The van der Waals surface area contributed by atoms with Crippen LogP contribution in [0.4, 0.5) is 4.79 Å². The van der Waals surface area contributed by atoms with Crippen molar-refractivity contribution in [2.75, 3.05) is 0 Å². The first kappa shape index (κ1) is 24.8. The normalized spacial score (nSPS) is 11.8. The monoisotopic (exact) mass is 461 g/mol. The lowest BCUT2D eigenvalue weighted by Gasteiger charge is -2.14. The van der Waals surface area contributed by atoms with Crippen molar-refractivity contribution in [1.29, 1.82) is 0 Å². The molecule has 1 heterocycles. The summed E-state index contributed by atoms with van der Waals surface area (Å²) in [5.41, 5.74) is 7.89. The van der Waals surface area contributed by atoms with Crippen molar-refractivity contribution in [3.05, 3.63) is 89.6 Å². The van der Waals surface area contributed by atoms with E-state index in [1.165, 1.54) is 0 Å². The predicted octanol–water partition coefficient (Wildman–Crippen LogP) is 5.69. The molecule has 0 radical (unpaired) electrons. The van der Waals surface area contributed by atoms with E-state index in [0.29, 0.717) is 31.2 Å². The zero-order chi connectivity index (χ0) is 24.0. The van der Waals surface area contributed by atoms with Gasteiger partial charge in [0.2, 0.25) is 5.88 Å². The van der Waals surface area contributed by atoms with Crippen molar-refractivity contribution in [2.45, 2.75) is 51.9 Å². The number of nitrogens with two attached hydrogens (primary N) is 1. The molecule has 1 unspecified atom stereocenters. The van der Waals surface area contributed by atoms with Crippen LogP contribution >= 0.6 is 0 Å². The molecule has 1 atom stereocenters. The van der Waals surface area contributed by atoms with Crippen LogP contribution in [0.15, 0.2) is 72.8 Å². The van der Waals surface area contributed by atoms with Gasteiger partial charge in [-0.3, -0.25) is 0 Å². The highest BCUT2D eigenvalue weighted by atomic mass is 16.6. The Morgan fingerprint density at radius 1 is 0.971 bits per heavy atom. The van der Waals surface area contributed by atoms with Gasteiger partial charge in [0, 0.05) is 12.5 Å². The Morgan fingerprint density at radius 3 is 2.24 bits per heavy atom. The quantitative estimate of drug-likeness (QED) is 0.351. The summed E-state index contributed by atoms with van der Waals surface area (Å²) >= 11 is 0. The number of nitrogens with zero attached hydrogens (tertiary/aromatic N) is 2. The van der Waals surface area contributed by atoms with E-state index < -0.39 is 6.09 Å². The van der Waals surface area contributed by atoms with Gasteiger partial charge in [-0.1, -0.05) is 86.5 Å². The zero-order valence-corrected chi connectivity index (χ0v) is 19.4. The zero-order valence-electron chi connectivity index (χ0n) is 19.4. The third-order valence-corrected chi connectivity index (χ3v) is 4.99. The molecule has 0 fully saturated rings. The van der Waals surface area contributed by atoms with Gasteiger partial charge in [-0.05, 0) is 23.6 Å². The summed E-state index contributed by atoms with van der Waals surface area (Å²) in [6.45, 7) is 2.81. The van der Waals surface area contributed by atoms with E-state index in [1.807, 2.05) is 72.8 Å². The number of rotatable bonds is 13. The molecule has 0 spiro atoms. The lowest BCUT2D eigenvalue weighted by atomic mass is 10.1. The Hall–Kier alpha value is -3.87. The van der Waals surface area contributed by atoms with E-state index in [4.69, 9.17) is 19.9 Å². The van der Waals surface area contributed by atoms with E-state index in [0.717, 1.165) is 30.4 Å². The minimum atomic E-state index is -0.760. The van der Waals surface area contributed by atoms with Crippen LogP contribution in [0.25, 0.3) is 6.08 Å². The Morgan fingerprint density at radius 2 is 1.62 bits per heavy atom. The smallest absolute Gasteiger partial charge is 0.404 e. The number of hydrogen-bond donors (Lipinski definition) is 1. The van der Waals surface area contributed by atoms with Gasteiger partial charge in [-0.25, -0.2) is 4.79 Å². The molecule has 7 nitrogen and oxygen atoms in total. The molecule has 0 saturated heterocycles. The summed E-state index contributed by atoms with van der Waals surface area (Å²) < 4.78 is 17.0. The second-order valence-electron chi connectivity index (χ2n) is 7.80. The molecule has 34 heavy (non-hydrogen) atoms.